The summed E-state index contributed by atoms with van der Waals surface area (Å²) in [4.78, 5) is 14.6. The fraction of sp³-hybridized carbons (Fsp3) is 0.526. The van der Waals surface area contributed by atoms with Gasteiger partial charge in [0.2, 0.25) is 0 Å². The number of carboxylic acids is 1. The highest BCUT2D eigenvalue weighted by Gasteiger charge is 2.52. The molecule has 1 atom stereocenters. The average molecular weight is 347 g/mol. The average Bonchev–Trinajstić information content (AvgIpc) is 3.13. The number of likely N-dealkylation sites (N-methyl/N-ethyl adjacent to an activating group) is 1. The number of aromatic nitrogens is 1. The first kappa shape index (κ1) is 16.0. The molecule has 2 heterocycles. The molecule has 1 unspecified atom stereocenters. The summed E-state index contributed by atoms with van der Waals surface area (Å²) in [6, 6.07) is 5.92. The molecule has 1 aliphatic heterocycles. The molecule has 4 rings (SSSR count). The summed E-state index contributed by atoms with van der Waals surface area (Å²) in [6.07, 6.45) is 4.47. The van der Waals surface area contributed by atoms with Crippen LogP contribution in [-0.2, 0) is 18.3 Å². The van der Waals surface area contributed by atoms with Crippen molar-refractivity contribution in [3.63, 3.8) is 0 Å². The van der Waals surface area contributed by atoms with E-state index in [1.165, 1.54) is 16.6 Å². The van der Waals surface area contributed by atoms with Crippen LogP contribution in [0.15, 0.2) is 18.2 Å². The lowest BCUT2D eigenvalue weighted by atomic mass is 9.74. The second-order valence-electron chi connectivity index (χ2n) is 7.39. The van der Waals surface area contributed by atoms with E-state index in [2.05, 4.69) is 29.6 Å². The van der Waals surface area contributed by atoms with Crippen LogP contribution < -0.4 is 0 Å². The molecule has 2 aromatic rings. The van der Waals surface area contributed by atoms with Crippen molar-refractivity contribution in [1.29, 1.82) is 0 Å². The van der Waals surface area contributed by atoms with E-state index in [0.717, 1.165) is 49.2 Å². The Morgan fingerprint density at radius 1 is 1.29 bits per heavy atom. The Morgan fingerprint density at radius 3 is 2.67 bits per heavy atom. The Labute approximate surface area is 147 Å². The summed E-state index contributed by atoms with van der Waals surface area (Å²) < 4.78 is 2.20. The van der Waals surface area contributed by atoms with E-state index in [4.69, 9.17) is 11.6 Å². The van der Waals surface area contributed by atoms with E-state index >= 15 is 0 Å². The zero-order valence-corrected chi connectivity index (χ0v) is 14.9. The Kier molecular flexibility index (Phi) is 3.66. The highest BCUT2D eigenvalue weighted by atomic mass is 35.5. The number of carboxylic acid groups (broad SMARTS) is 1. The Balaban J connectivity index is 1.98. The van der Waals surface area contributed by atoms with Gasteiger partial charge in [-0.05, 0) is 50.1 Å². The number of benzene rings is 1. The lowest BCUT2D eigenvalue weighted by Gasteiger charge is -2.43. The van der Waals surface area contributed by atoms with Gasteiger partial charge in [-0.1, -0.05) is 24.4 Å². The zero-order valence-electron chi connectivity index (χ0n) is 14.2. The number of aryl methyl sites for hydroxylation is 1. The lowest BCUT2D eigenvalue weighted by molar-refractivity contribution is -0.154. The summed E-state index contributed by atoms with van der Waals surface area (Å²) in [5.41, 5.74) is 2.93. The smallest absolute Gasteiger partial charge is 0.311 e. The predicted molar refractivity (Wildman–Crippen MR) is 95.5 cm³/mol. The first-order chi connectivity index (χ1) is 11.5. The van der Waals surface area contributed by atoms with Gasteiger partial charge >= 0.3 is 5.97 Å². The van der Waals surface area contributed by atoms with Crippen LogP contribution in [0.4, 0.5) is 0 Å². The number of halogens is 1. The molecule has 0 radical (unpaired) electrons. The zero-order chi connectivity index (χ0) is 17.1. The van der Waals surface area contributed by atoms with Gasteiger partial charge in [0.25, 0.3) is 0 Å². The molecule has 0 saturated heterocycles. The minimum Gasteiger partial charge on any atom is -0.481 e. The molecule has 1 aliphatic carbocycles. The third-order valence-electron chi connectivity index (χ3n) is 6.18. The third kappa shape index (κ3) is 2.06. The fourth-order valence-corrected chi connectivity index (χ4v) is 5.22. The van der Waals surface area contributed by atoms with E-state index in [-0.39, 0.29) is 6.04 Å². The normalized spacial score (nSPS) is 23.5. The van der Waals surface area contributed by atoms with E-state index in [1.807, 2.05) is 12.1 Å². The number of hydrogen-bond donors (Lipinski definition) is 1. The number of nitrogens with zero attached hydrogens (tertiary/aromatic N) is 2. The van der Waals surface area contributed by atoms with Crippen molar-refractivity contribution in [3.8, 4) is 0 Å². The molecule has 0 spiro atoms. The number of aliphatic carboxylic acids is 1. The standard InChI is InChI=1S/C19H23ClN2O2/c1-21-10-7-13-14-11-12(20)5-6-15(14)22(2)16(13)17(21)19(18(23)24)8-3-4-9-19/h5-6,11,17H,3-4,7-10H2,1-2H3,(H,23,24). The molecule has 1 N–H and O–H groups in total. The first-order valence-electron chi connectivity index (χ1n) is 8.66. The van der Waals surface area contributed by atoms with Gasteiger partial charge in [0.15, 0.2) is 0 Å². The van der Waals surface area contributed by atoms with Crippen molar-refractivity contribution in [2.24, 2.45) is 12.5 Å². The summed E-state index contributed by atoms with van der Waals surface area (Å²) in [5.74, 6) is -0.645. The minimum absolute atomic E-state index is 0.0718. The molecule has 2 aliphatic rings. The van der Waals surface area contributed by atoms with Gasteiger partial charge in [-0.3, -0.25) is 9.69 Å². The maximum atomic E-state index is 12.3. The summed E-state index contributed by atoms with van der Waals surface area (Å²) in [7, 11) is 4.13. The first-order valence-corrected chi connectivity index (χ1v) is 9.04. The van der Waals surface area contributed by atoms with Crippen LogP contribution in [-0.4, -0.2) is 34.1 Å². The predicted octanol–water partition coefficient (Wildman–Crippen LogP) is 4.01. The van der Waals surface area contributed by atoms with Gasteiger partial charge < -0.3 is 9.67 Å². The Morgan fingerprint density at radius 2 is 2.00 bits per heavy atom. The van der Waals surface area contributed by atoms with Gasteiger partial charge in [0.05, 0.1) is 11.5 Å². The van der Waals surface area contributed by atoms with Crippen molar-refractivity contribution >= 4 is 28.5 Å². The van der Waals surface area contributed by atoms with E-state index in [0.29, 0.717) is 0 Å². The van der Waals surface area contributed by atoms with Crippen molar-refractivity contribution in [3.05, 3.63) is 34.5 Å². The highest BCUT2D eigenvalue weighted by Crippen LogP contribution is 2.53. The quantitative estimate of drug-likeness (QED) is 0.893. The minimum atomic E-state index is -0.671. The molecular formula is C19H23ClN2O2. The van der Waals surface area contributed by atoms with Gasteiger partial charge in [-0.2, -0.15) is 0 Å². The third-order valence-corrected chi connectivity index (χ3v) is 6.41. The number of hydrogen-bond acceptors (Lipinski definition) is 2. The van der Waals surface area contributed by atoms with Crippen molar-refractivity contribution < 1.29 is 9.90 Å². The largest absolute Gasteiger partial charge is 0.481 e. The van der Waals surface area contributed by atoms with Gasteiger partial charge in [0, 0.05) is 35.2 Å². The summed E-state index contributed by atoms with van der Waals surface area (Å²) >= 11 is 6.23. The molecule has 128 valence electrons. The molecule has 1 aromatic heterocycles. The summed E-state index contributed by atoms with van der Waals surface area (Å²) in [5, 5.41) is 12.0. The van der Waals surface area contributed by atoms with Gasteiger partial charge in [0.1, 0.15) is 0 Å². The highest BCUT2D eigenvalue weighted by molar-refractivity contribution is 6.31. The van der Waals surface area contributed by atoms with Crippen LogP contribution in [0.5, 0.6) is 0 Å². The number of fused-ring (bicyclic) bond motifs is 3. The molecule has 24 heavy (non-hydrogen) atoms. The second kappa shape index (κ2) is 5.50. The van der Waals surface area contributed by atoms with Crippen LogP contribution in [0.2, 0.25) is 5.02 Å². The van der Waals surface area contributed by atoms with Gasteiger partial charge in [-0.25, -0.2) is 0 Å². The van der Waals surface area contributed by atoms with E-state index < -0.39 is 11.4 Å². The molecule has 1 aromatic carbocycles. The Hall–Kier alpha value is -1.52. The van der Waals surface area contributed by atoms with Crippen LogP contribution >= 0.6 is 11.6 Å². The lowest BCUT2D eigenvalue weighted by Crippen LogP contribution is -2.47. The molecule has 0 amide bonds. The molecule has 4 nitrogen and oxygen atoms in total. The maximum absolute atomic E-state index is 12.3. The fourth-order valence-electron chi connectivity index (χ4n) is 5.04. The molecule has 0 bridgehead atoms. The second-order valence-corrected chi connectivity index (χ2v) is 7.82. The van der Waals surface area contributed by atoms with Crippen molar-refractivity contribution in [2.75, 3.05) is 13.6 Å². The van der Waals surface area contributed by atoms with E-state index in [1.54, 1.807) is 0 Å². The SMILES string of the molecule is CN1CCc2c(n(C)c3ccc(Cl)cc23)C1C1(C(=O)O)CCCC1. The van der Waals surface area contributed by atoms with Crippen LogP contribution in [0, 0.1) is 5.41 Å². The van der Waals surface area contributed by atoms with Crippen LogP contribution in [0.3, 0.4) is 0 Å². The van der Waals surface area contributed by atoms with Crippen molar-refractivity contribution in [1.82, 2.24) is 9.47 Å². The number of carbonyl (C=O) groups is 1. The topological polar surface area (TPSA) is 45.5 Å². The molecule has 1 saturated carbocycles. The summed E-state index contributed by atoms with van der Waals surface area (Å²) in [6.45, 7) is 0.887. The van der Waals surface area contributed by atoms with Crippen LogP contribution in [0.1, 0.15) is 43.0 Å². The van der Waals surface area contributed by atoms with Gasteiger partial charge in [-0.15, -0.1) is 0 Å². The van der Waals surface area contributed by atoms with Crippen LogP contribution in [0.25, 0.3) is 10.9 Å². The number of rotatable bonds is 2. The Bertz CT molecular complexity index is 820. The molecular weight excluding hydrogens is 324 g/mol. The van der Waals surface area contributed by atoms with E-state index in [9.17, 15) is 9.90 Å². The monoisotopic (exact) mass is 346 g/mol. The maximum Gasteiger partial charge on any atom is 0.311 e. The molecule has 5 heteroatoms. The van der Waals surface area contributed by atoms with Crippen molar-refractivity contribution in [2.45, 2.75) is 38.1 Å². The molecule has 1 fully saturated rings.